The van der Waals surface area contributed by atoms with E-state index in [1.807, 2.05) is 32.6 Å². The summed E-state index contributed by atoms with van der Waals surface area (Å²) in [6, 6.07) is 0.252. The standard InChI is InChI=1S/C18H32N2O3/c1-13(14-9-10-14)16(21)19-11-5-7-15-8-6-12-20(15)17(22)23-18(2,3)4/h13-15H,5-12H2,1-4H3,(H,19,21)/t13-,15-/m1/s1. The van der Waals surface area contributed by atoms with Gasteiger partial charge >= 0.3 is 6.09 Å². The molecule has 1 aliphatic heterocycles. The van der Waals surface area contributed by atoms with E-state index in [0.29, 0.717) is 12.5 Å². The van der Waals surface area contributed by atoms with Crippen molar-refractivity contribution < 1.29 is 14.3 Å². The fourth-order valence-corrected chi connectivity index (χ4v) is 3.22. The lowest BCUT2D eigenvalue weighted by Gasteiger charge is -2.28. The second kappa shape index (κ2) is 7.54. The highest BCUT2D eigenvalue weighted by atomic mass is 16.6. The molecule has 1 heterocycles. The second-order valence-corrected chi connectivity index (χ2v) is 8.03. The molecule has 23 heavy (non-hydrogen) atoms. The van der Waals surface area contributed by atoms with Gasteiger partial charge in [0, 0.05) is 25.0 Å². The van der Waals surface area contributed by atoms with E-state index in [0.717, 1.165) is 32.2 Å². The maximum atomic E-state index is 12.2. The molecule has 0 aromatic heterocycles. The van der Waals surface area contributed by atoms with Crippen molar-refractivity contribution in [3.63, 3.8) is 0 Å². The molecule has 1 N–H and O–H groups in total. The van der Waals surface area contributed by atoms with Crippen molar-refractivity contribution >= 4 is 12.0 Å². The molecule has 132 valence electrons. The molecule has 1 saturated heterocycles. The van der Waals surface area contributed by atoms with Gasteiger partial charge < -0.3 is 15.0 Å². The van der Waals surface area contributed by atoms with Crippen LogP contribution in [-0.2, 0) is 9.53 Å². The van der Waals surface area contributed by atoms with Crippen molar-refractivity contribution in [1.82, 2.24) is 10.2 Å². The number of ether oxygens (including phenoxy) is 1. The first kappa shape index (κ1) is 18.1. The highest BCUT2D eigenvalue weighted by Crippen LogP contribution is 2.36. The van der Waals surface area contributed by atoms with E-state index in [2.05, 4.69) is 5.32 Å². The Morgan fingerprint density at radius 3 is 2.57 bits per heavy atom. The van der Waals surface area contributed by atoms with E-state index in [1.165, 1.54) is 12.8 Å². The maximum Gasteiger partial charge on any atom is 0.410 e. The Bertz CT molecular complexity index is 426. The van der Waals surface area contributed by atoms with Crippen LogP contribution in [0.15, 0.2) is 0 Å². The van der Waals surface area contributed by atoms with Gasteiger partial charge in [-0.3, -0.25) is 4.79 Å². The second-order valence-electron chi connectivity index (χ2n) is 8.03. The number of amides is 2. The summed E-state index contributed by atoms with van der Waals surface area (Å²) in [6.45, 7) is 9.19. The van der Waals surface area contributed by atoms with Crippen molar-refractivity contribution in [2.24, 2.45) is 11.8 Å². The van der Waals surface area contributed by atoms with Crippen LogP contribution < -0.4 is 5.32 Å². The Kier molecular flexibility index (Phi) is 5.93. The number of carbonyl (C=O) groups excluding carboxylic acids is 2. The number of hydrogen-bond donors (Lipinski definition) is 1. The van der Waals surface area contributed by atoms with E-state index in [4.69, 9.17) is 4.74 Å². The van der Waals surface area contributed by atoms with Crippen LogP contribution in [0.2, 0.25) is 0 Å². The molecule has 2 atom stereocenters. The van der Waals surface area contributed by atoms with Crippen LogP contribution in [0.5, 0.6) is 0 Å². The molecule has 0 spiro atoms. The Morgan fingerprint density at radius 1 is 1.26 bits per heavy atom. The molecule has 5 heteroatoms. The molecule has 0 aromatic carbocycles. The third kappa shape index (κ3) is 5.70. The van der Waals surface area contributed by atoms with Crippen molar-refractivity contribution in [2.75, 3.05) is 13.1 Å². The fourth-order valence-electron chi connectivity index (χ4n) is 3.22. The van der Waals surface area contributed by atoms with Crippen LogP contribution in [0.3, 0.4) is 0 Å². The number of rotatable bonds is 6. The Balaban J connectivity index is 1.67. The number of carbonyl (C=O) groups is 2. The highest BCUT2D eigenvalue weighted by molar-refractivity contribution is 5.78. The van der Waals surface area contributed by atoms with Crippen LogP contribution in [0.4, 0.5) is 4.79 Å². The van der Waals surface area contributed by atoms with E-state index in [1.54, 1.807) is 0 Å². The molecule has 0 bridgehead atoms. The van der Waals surface area contributed by atoms with Crippen molar-refractivity contribution in [3.05, 3.63) is 0 Å². The molecule has 5 nitrogen and oxygen atoms in total. The molecular weight excluding hydrogens is 292 g/mol. The van der Waals surface area contributed by atoms with Crippen LogP contribution in [0.25, 0.3) is 0 Å². The monoisotopic (exact) mass is 324 g/mol. The molecule has 2 amide bonds. The number of nitrogens with one attached hydrogen (secondary N) is 1. The van der Waals surface area contributed by atoms with Crippen molar-refractivity contribution in [1.29, 1.82) is 0 Å². The van der Waals surface area contributed by atoms with Gasteiger partial charge in [-0.25, -0.2) is 4.79 Å². The van der Waals surface area contributed by atoms with Gasteiger partial charge in [0.1, 0.15) is 5.60 Å². The lowest BCUT2D eigenvalue weighted by atomic mass is 10.1. The molecule has 2 rings (SSSR count). The Hall–Kier alpha value is -1.26. The third-order valence-corrected chi connectivity index (χ3v) is 4.76. The maximum absolute atomic E-state index is 12.2. The first-order valence-electron chi connectivity index (χ1n) is 9.05. The first-order chi connectivity index (χ1) is 10.8. The first-order valence-corrected chi connectivity index (χ1v) is 9.05. The molecule has 1 saturated carbocycles. The molecule has 0 unspecified atom stereocenters. The minimum absolute atomic E-state index is 0.153. The summed E-state index contributed by atoms with van der Waals surface area (Å²) in [4.78, 5) is 26.0. The summed E-state index contributed by atoms with van der Waals surface area (Å²) in [5.74, 6) is 0.940. The SMILES string of the molecule is C[C@@H](C(=O)NCCC[C@@H]1CCCN1C(=O)OC(C)(C)C)C1CC1. The lowest BCUT2D eigenvalue weighted by Crippen LogP contribution is -2.40. The summed E-state index contributed by atoms with van der Waals surface area (Å²) in [7, 11) is 0. The van der Waals surface area contributed by atoms with Crippen LogP contribution in [0.1, 0.15) is 66.2 Å². The van der Waals surface area contributed by atoms with Gasteiger partial charge in [0.15, 0.2) is 0 Å². The summed E-state index contributed by atoms with van der Waals surface area (Å²) < 4.78 is 5.48. The average molecular weight is 324 g/mol. The zero-order chi connectivity index (χ0) is 17.0. The van der Waals surface area contributed by atoms with Gasteiger partial charge in [0.05, 0.1) is 0 Å². The van der Waals surface area contributed by atoms with Crippen LogP contribution >= 0.6 is 0 Å². The van der Waals surface area contributed by atoms with Gasteiger partial charge in [-0.05, 0) is 65.2 Å². The Labute approximate surface area is 140 Å². The van der Waals surface area contributed by atoms with Gasteiger partial charge in [0.2, 0.25) is 5.91 Å². The van der Waals surface area contributed by atoms with Gasteiger partial charge in [-0.1, -0.05) is 6.92 Å². The highest BCUT2D eigenvalue weighted by Gasteiger charge is 2.33. The summed E-state index contributed by atoms with van der Waals surface area (Å²) in [5, 5.41) is 3.04. The molecule has 1 aliphatic carbocycles. The van der Waals surface area contributed by atoms with Crippen LogP contribution in [-0.4, -0.2) is 41.6 Å². The van der Waals surface area contributed by atoms with E-state index >= 15 is 0 Å². The molecule has 2 fully saturated rings. The third-order valence-electron chi connectivity index (χ3n) is 4.76. The van der Waals surface area contributed by atoms with Gasteiger partial charge in [-0.2, -0.15) is 0 Å². The summed E-state index contributed by atoms with van der Waals surface area (Å²) in [5.41, 5.74) is -0.447. The van der Waals surface area contributed by atoms with Crippen LogP contribution in [0, 0.1) is 11.8 Å². The minimum Gasteiger partial charge on any atom is -0.444 e. The number of nitrogens with zero attached hydrogens (tertiary/aromatic N) is 1. The van der Waals surface area contributed by atoms with Crippen molar-refractivity contribution in [3.8, 4) is 0 Å². The van der Waals surface area contributed by atoms with Gasteiger partial charge in [-0.15, -0.1) is 0 Å². The quantitative estimate of drug-likeness (QED) is 0.762. The number of hydrogen-bond acceptors (Lipinski definition) is 3. The van der Waals surface area contributed by atoms with E-state index in [9.17, 15) is 9.59 Å². The largest absolute Gasteiger partial charge is 0.444 e. The fraction of sp³-hybridized carbons (Fsp3) is 0.889. The predicted molar refractivity (Wildman–Crippen MR) is 90.1 cm³/mol. The predicted octanol–water partition coefficient (Wildman–Crippen LogP) is 3.33. The minimum atomic E-state index is -0.447. The zero-order valence-electron chi connectivity index (χ0n) is 15.1. The Morgan fingerprint density at radius 2 is 1.96 bits per heavy atom. The summed E-state index contributed by atoms with van der Waals surface area (Å²) >= 11 is 0. The smallest absolute Gasteiger partial charge is 0.410 e. The van der Waals surface area contributed by atoms with E-state index < -0.39 is 5.60 Å². The summed E-state index contributed by atoms with van der Waals surface area (Å²) in [6.07, 6.45) is 6.10. The number of likely N-dealkylation sites (tertiary alicyclic amines) is 1. The molecule has 2 aliphatic rings. The lowest BCUT2D eigenvalue weighted by molar-refractivity contribution is -0.125. The molecule has 0 aromatic rings. The zero-order valence-corrected chi connectivity index (χ0v) is 15.1. The normalized spacial score (nSPS) is 22.8. The van der Waals surface area contributed by atoms with E-state index in [-0.39, 0.29) is 24.0 Å². The topological polar surface area (TPSA) is 58.6 Å². The van der Waals surface area contributed by atoms with Gasteiger partial charge in [0.25, 0.3) is 0 Å². The average Bonchev–Trinajstić information content (AvgIpc) is 3.19. The van der Waals surface area contributed by atoms with Crippen molar-refractivity contribution in [2.45, 2.75) is 77.9 Å². The molecular formula is C18H32N2O3. The molecule has 0 radical (unpaired) electrons.